The first kappa shape index (κ1) is 15.0. The zero-order valence-electron chi connectivity index (χ0n) is 12.8. The van der Waals surface area contributed by atoms with Crippen molar-refractivity contribution < 1.29 is 9.18 Å². The zero-order valence-corrected chi connectivity index (χ0v) is 12.8. The quantitative estimate of drug-likeness (QED) is 0.753. The first-order valence-electron chi connectivity index (χ1n) is 7.40. The van der Waals surface area contributed by atoms with Gasteiger partial charge in [-0.3, -0.25) is 4.79 Å². The Morgan fingerprint density at radius 3 is 2.48 bits per heavy atom. The van der Waals surface area contributed by atoms with Crippen molar-refractivity contribution in [2.24, 2.45) is 0 Å². The van der Waals surface area contributed by atoms with Crippen LogP contribution in [-0.4, -0.2) is 12.5 Å². The predicted molar refractivity (Wildman–Crippen MR) is 92.2 cm³/mol. The summed E-state index contributed by atoms with van der Waals surface area (Å²) in [6.45, 7) is 1.78. The number of anilines is 2. The lowest BCUT2D eigenvalue weighted by molar-refractivity contribution is -0.114. The summed E-state index contributed by atoms with van der Waals surface area (Å²) in [5, 5.41) is 7.95. The van der Waals surface area contributed by atoms with Gasteiger partial charge in [-0.05, 0) is 47.5 Å². The lowest BCUT2D eigenvalue weighted by Gasteiger charge is -2.09. The van der Waals surface area contributed by atoms with E-state index in [9.17, 15) is 9.18 Å². The van der Waals surface area contributed by atoms with Gasteiger partial charge >= 0.3 is 0 Å². The molecule has 0 spiro atoms. The number of amides is 1. The topological polar surface area (TPSA) is 41.1 Å². The van der Waals surface area contributed by atoms with E-state index in [1.54, 1.807) is 19.1 Å². The summed E-state index contributed by atoms with van der Waals surface area (Å²) in [5.74, 6) is -0.466. The van der Waals surface area contributed by atoms with Gasteiger partial charge in [0.1, 0.15) is 5.82 Å². The fraction of sp³-hybridized carbons (Fsp3) is 0.105. The molecule has 3 aromatic carbocycles. The van der Waals surface area contributed by atoms with E-state index in [1.165, 1.54) is 6.07 Å². The minimum atomic E-state index is -0.287. The number of benzene rings is 3. The van der Waals surface area contributed by atoms with E-state index in [4.69, 9.17) is 0 Å². The first-order chi connectivity index (χ1) is 11.1. The van der Waals surface area contributed by atoms with Crippen LogP contribution in [-0.2, 0) is 4.79 Å². The van der Waals surface area contributed by atoms with E-state index in [0.29, 0.717) is 11.3 Å². The highest BCUT2D eigenvalue weighted by molar-refractivity contribution is 5.96. The molecule has 0 aliphatic rings. The van der Waals surface area contributed by atoms with Gasteiger partial charge < -0.3 is 10.6 Å². The molecule has 0 saturated heterocycles. The second kappa shape index (κ2) is 6.48. The summed E-state index contributed by atoms with van der Waals surface area (Å²) in [6, 6.07) is 18.5. The Bertz CT molecular complexity index is 861. The molecule has 23 heavy (non-hydrogen) atoms. The van der Waals surface area contributed by atoms with Crippen LogP contribution in [0.15, 0.2) is 60.7 Å². The highest BCUT2D eigenvalue weighted by Gasteiger charge is 2.04. The Kier molecular flexibility index (Phi) is 4.24. The summed E-state index contributed by atoms with van der Waals surface area (Å²) < 4.78 is 13.5. The number of halogens is 1. The van der Waals surface area contributed by atoms with Gasteiger partial charge in [-0.1, -0.05) is 36.4 Å². The van der Waals surface area contributed by atoms with E-state index in [2.05, 4.69) is 10.6 Å². The van der Waals surface area contributed by atoms with Crippen LogP contribution < -0.4 is 10.6 Å². The number of nitrogens with one attached hydrogen (secondary N) is 2. The van der Waals surface area contributed by atoms with Gasteiger partial charge in [0.05, 0.1) is 6.54 Å². The van der Waals surface area contributed by atoms with Gasteiger partial charge in [-0.2, -0.15) is 0 Å². The minimum Gasteiger partial charge on any atom is -0.376 e. The second-order valence-corrected chi connectivity index (χ2v) is 5.43. The van der Waals surface area contributed by atoms with E-state index in [0.717, 1.165) is 16.5 Å². The molecular formula is C19H17FN2O. The second-order valence-electron chi connectivity index (χ2n) is 5.43. The predicted octanol–water partition coefficient (Wildman–Crippen LogP) is 4.34. The molecule has 1 amide bonds. The van der Waals surface area contributed by atoms with Crippen molar-refractivity contribution >= 4 is 28.1 Å². The van der Waals surface area contributed by atoms with E-state index < -0.39 is 0 Å². The molecule has 0 radical (unpaired) electrons. The van der Waals surface area contributed by atoms with Crippen molar-refractivity contribution in [2.45, 2.75) is 6.92 Å². The molecule has 0 aromatic heterocycles. The van der Waals surface area contributed by atoms with Crippen LogP contribution in [0.5, 0.6) is 0 Å². The van der Waals surface area contributed by atoms with Crippen molar-refractivity contribution in [1.29, 1.82) is 0 Å². The third-order valence-electron chi connectivity index (χ3n) is 3.66. The first-order valence-corrected chi connectivity index (χ1v) is 7.40. The molecule has 0 aliphatic heterocycles. The van der Waals surface area contributed by atoms with Crippen LogP contribution in [0.25, 0.3) is 10.8 Å². The summed E-state index contributed by atoms with van der Waals surface area (Å²) in [5.41, 5.74) is 1.91. The molecule has 2 N–H and O–H groups in total. The summed E-state index contributed by atoms with van der Waals surface area (Å²) >= 11 is 0. The number of hydrogen-bond acceptors (Lipinski definition) is 2. The largest absolute Gasteiger partial charge is 0.376 e. The van der Waals surface area contributed by atoms with Crippen LogP contribution in [0.4, 0.5) is 15.8 Å². The number of aryl methyl sites for hydroxylation is 1. The molecular weight excluding hydrogens is 291 g/mol. The number of carbonyl (C=O) groups excluding carboxylic acids is 1. The van der Waals surface area contributed by atoms with E-state index in [1.807, 2.05) is 42.5 Å². The van der Waals surface area contributed by atoms with Gasteiger partial charge in [-0.15, -0.1) is 0 Å². The SMILES string of the molecule is Cc1ccc(NCC(=O)Nc2ccc3ccccc3c2)cc1F. The number of hydrogen-bond donors (Lipinski definition) is 2. The average molecular weight is 308 g/mol. The Morgan fingerprint density at radius 2 is 1.70 bits per heavy atom. The Labute approximate surface area is 134 Å². The maximum atomic E-state index is 13.5. The van der Waals surface area contributed by atoms with Gasteiger partial charge in [0, 0.05) is 11.4 Å². The van der Waals surface area contributed by atoms with Crippen molar-refractivity contribution in [3.8, 4) is 0 Å². The van der Waals surface area contributed by atoms with Crippen molar-refractivity contribution in [3.05, 3.63) is 72.0 Å². The van der Waals surface area contributed by atoms with Gasteiger partial charge in [0.25, 0.3) is 0 Å². The number of rotatable bonds is 4. The van der Waals surface area contributed by atoms with E-state index in [-0.39, 0.29) is 18.3 Å². The average Bonchev–Trinajstić information content (AvgIpc) is 2.56. The normalized spacial score (nSPS) is 10.5. The summed E-state index contributed by atoms with van der Waals surface area (Å²) in [6.07, 6.45) is 0. The molecule has 0 saturated carbocycles. The Balaban J connectivity index is 1.62. The summed E-state index contributed by atoms with van der Waals surface area (Å²) in [7, 11) is 0. The standard InChI is InChI=1S/C19H17FN2O/c1-13-6-8-16(11-18(13)20)21-12-19(23)22-17-9-7-14-4-2-3-5-15(14)10-17/h2-11,21H,12H2,1H3,(H,22,23). The Hall–Kier alpha value is -2.88. The molecule has 3 nitrogen and oxygen atoms in total. The summed E-state index contributed by atoms with van der Waals surface area (Å²) in [4.78, 5) is 12.0. The molecule has 116 valence electrons. The molecule has 0 atom stereocenters. The number of fused-ring (bicyclic) bond motifs is 1. The molecule has 0 bridgehead atoms. The van der Waals surface area contributed by atoms with E-state index >= 15 is 0 Å². The van der Waals surface area contributed by atoms with Gasteiger partial charge in [0.15, 0.2) is 0 Å². The fourth-order valence-corrected chi connectivity index (χ4v) is 2.36. The van der Waals surface area contributed by atoms with Gasteiger partial charge in [-0.25, -0.2) is 4.39 Å². The van der Waals surface area contributed by atoms with Crippen molar-refractivity contribution in [2.75, 3.05) is 17.2 Å². The fourth-order valence-electron chi connectivity index (χ4n) is 2.36. The van der Waals surface area contributed by atoms with Crippen LogP contribution in [0.3, 0.4) is 0 Å². The van der Waals surface area contributed by atoms with Crippen LogP contribution in [0.1, 0.15) is 5.56 Å². The molecule has 3 aromatic rings. The monoisotopic (exact) mass is 308 g/mol. The van der Waals surface area contributed by atoms with Crippen molar-refractivity contribution in [3.63, 3.8) is 0 Å². The highest BCUT2D eigenvalue weighted by atomic mass is 19.1. The lowest BCUT2D eigenvalue weighted by Crippen LogP contribution is -2.21. The van der Waals surface area contributed by atoms with Crippen LogP contribution in [0.2, 0.25) is 0 Å². The number of carbonyl (C=O) groups is 1. The third kappa shape index (κ3) is 3.66. The smallest absolute Gasteiger partial charge is 0.243 e. The zero-order chi connectivity index (χ0) is 16.2. The maximum absolute atomic E-state index is 13.5. The third-order valence-corrected chi connectivity index (χ3v) is 3.66. The molecule has 3 rings (SSSR count). The minimum absolute atomic E-state index is 0.0787. The molecule has 0 heterocycles. The molecule has 0 fully saturated rings. The van der Waals surface area contributed by atoms with Crippen LogP contribution >= 0.6 is 0 Å². The molecule has 0 aliphatic carbocycles. The van der Waals surface area contributed by atoms with Gasteiger partial charge in [0.2, 0.25) is 5.91 Å². The maximum Gasteiger partial charge on any atom is 0.243 e. The molecule has 0 unspecified atom stereocenters. The lowest BCUT2D eigenvalue weighted by atomic mass is 10.1. The van der Waals surface area contributed by atoms with Crippen LogP contribution in [0, 0.1) is 12.7 Å². The highest BCUT2D eigenvalue weighted by Crippen LogP contribution is 2.19. The molecule has 4 heteroatoms. The Morgan fingerprint density at radius 1 is 0.957 bits per heavy atom. The van der Waals surface area contributed by atoms with Crippen molar-refractivity contribution in [1.82, 2.24) is 0 Å².